The smallest absolute Gasteiger partial charge is 0.373 e. The third-order valence-corrected chi connectivity index (χ3v) is 6.78. The van der Waals surface area contributed by atoms with Crippen molar-refractivity contribution in [1.29, 1.82) is 0 Å². The van der Waals surface area contributed by atoms with Crippen LogP contribution in [0.4, 0.5) is 18.9 Å². The number of ether oxygens (including phenoxy) is 1. The number of hydrogen-bond donors (Lipinski definition) is 0. The highest BCUT2D eigenvalue weighted by molar-refractivity contribution is 7.86. The van der Waals surface area contributed by atoms with Crippen molar-refractivity contribution in [3.8, 4) is 0 Å². The molecule has 3 rings (SSSR count). The molecule has 152 valence electrons. The molecule has 0 amide bonds. The van der Waals surface area contributed by atoms with Crippen LogP contribution >= 0.6 is 0 Å². The molecule has 0 bridgehead atoms. The fourth-order valence-corrected chi connectivity index (χ4v) is 5.29. The van der Waals surface area contributed by atoms with Crippen LogP contribution in [0.1, 0.15) is 19.4 Å². The van der Waals surface area contributed by atoms with Gasteiger partial charge in [-0.1, -0.05) is 6.07 Å². The van der Waals surface area contributed by atoms with E-state index in [1.165, 1.54) is 14.7 Å². The van der Waals surface area contributed by atoms with Crippen molar-refractivity contribution in [2.24, 2.45) is 0 Å². The summed E-state index contributed by atoms with van der Waals surface area (Å²) in [6.45, 7) is 5.44. The van der Waals surface area contributed by atoms with E-state index in [0.717, 1.165) is 12.1 Å². The second kappa shape index (κ2) is 7.57. The molecule has 27 heavy (non-hydrogen) atoms. The minimum absolute atomic E-state index is 0.171. The molecular formula is C17H24F3N3O3S. The summed E-state index contributed by atoms with van der Waals surface area (Å²) in [5, 5.41) is 0. The lowest BCUT2D eigenvalue weighted by Gasteiger charge is -2.40. The molecule has 2 fully saturated rings. The average Bonchev–Trinajstić information content (AvgIpc) is 2.60. The van der Waals surface area contributed by atoms with Gasteiger partial charge in [-0.15, -0.1) is 0 Å². The molecule has 0 spiro atoms. The zero-order chi connectivity index (χ0) is 19.8. The molecular weight excluding hydrogens is 383 g/mol. The van der Waals surface area contributed by atoms with Crippen molar-refractivity contribution in [2.75, 3.05) is 44.2 Å². The lowest BCUT2D eigenvalue weighted by Crippen LogP contribution is -2.57. The molecule has 2 heterocycles. The summed E-state index contributed by atoms with van der Waals surface area (Å²) in [7, 11) is -3.61. The number of alkyl halides is 3. The Bertz CT molecular complexity index is 754. The van der Waals surface area contributed by atoms with Gasteiger partial charge in [0, 0.05) is 45.0 Å². The summed E-state index contributed by atoms with van der Waals surface area (Å²) in [4.78, 5) is 1.78. The van der Waals surface area contributed by atoms with Gasteiger partial charge in [-0.3, -0.25) is 0 Å². The quantitative estimate of drug-likeness (QED) is 0.771. The first kappa shape index (κ1) is 20.4. The zero-order valence-electron chi connectivity index (χ0n) is 15.3. The summed E-state index contributed by atoms with van der Waals surface area (Å²) in [6, 6.07) is 5.13. The van der Waals surface area contributed by atoms with Crippen molar-refractivity contribution >= 4 is 15.9 Å². The molecule has 0 saturated carbocycles. The second-order valence-corrected chi connectivity index (χ2v) is 8.94. The van der Waals surface area contributed by atoms with Gasteiger partial charge in [0.1, 0.15) is 0 Å². The predicted octanol–water partition coefficient (Wildman–Crippen LogP) is 2.18. The third-order valence-electron chi connectivity index (χ3n) is 4.82. The molecule has 0 radical (unpaired) electrons. The summed E-state index contributed by atoms with van der Waals surface area (Å²) >= 11 is 0. The van der Waals surface area contributed by atoms with Gasteiger partial charge in [-0.2, -0.15) is 30.2 Å². The van der Waals surface area contributed by atoms with Crippen molar-refractivity contribution in [1.82, 2.24) is 8.61 Å². The van der Waals surface area contributed by atoms with E-state index in [-0.39, 0.29) is 25.3 Å². The summed E-state index contributed by atoms with van der Waals surface area (Å²) in [5.74, 6) is 0. The number of rotatable bonds is 3. The van der Waals surface area contributed by atoms with Gasteiger partial charge >= 0.3 is 6.18 Å². The normalized spacial score (nSPS) is 26.3. The molecule has 2 atom stereocenters. The van der Waals surface area contributed by atoms with Gasteiger partial charge in [0.05, 0.1) is 17.8 Å². The molecule has 0 aromatic heterocycles. The van der Waals surface area contributed by atoms with Crippen LogP contribution < -0.4 is 4.90 Å². The monoisotopic (exact) mass is 407 g/mol. The number of hydrogen-bond acceptors (Lipinski definition) is 4. The van der Waals surface area contributed by atoms with Crippen LogP contribution in [0.15, 0.2) is 24.3 Å². The second-order valence-electron chi connectivity index (χ2n) is 7.02. The van der Waals surface area contributed by atoms with Crippen LogP contribution in [0.2, 0.25) is 0 Å². The van der Waals surface area contributed by atoms with Crippen LogP contribution in [0, 0.1) is 0 Å². The van der Waals surface area contributed by atoms with E-state index in [4.69, 9.17) is 4.74 Å². The van der Waals surface area contributed by atoms with Crippen molar-refractivity contribution in [3.63, 3.8) is 0 Å². The lowest BCUT2D eigenvalue weighted by atomic mass is 10.1. The van der Waals surface area contributed by atoms with Gasteiger partial charge in [0.25, 0.3) is 10.2 Å². The Hall–Kier alpha value is -1.36. The lowest BCUT2D eigenvalue weighted by molar-refractivity contribution is -0.137. The van der Waals surface area contributed by atoms with Crippen LogP contribution in [-0.4, -0.2) is 68.5 Å². The van der Waals surface area contributed by atoms with Gasteiger partial charge in [-0.05, 0) is 32.0 Å². The van der Waals surface area contributed by atoms with Crippen molar-refractivity contribution < 1.29 is 26.3 Å². The molecule has 1 aromatic carbocycles. The first-order valence-electron chi connectivity index (χ1n) is 8.90. The molecule has 2 aliphatic heterocycles. The molecule has 1 aromatic rings. The maximum Gasteiger partial charge on any atom is 0.416 e. The number of morpholine rings is 1. The number of halogens is 3. The molecule has 0 aliphatic carbocycles. The maximum absolute atomic E-state index is 12.9. The Labute approximate surface area is 157 Å². The number of benzene rings is 1. The number of nitrogens with zero attached hydrogens (tertiary/aromatic N) is 3. The van der Waals surface area contributed by atoms with Crippen molar-refractivity contribution in [3.05, 3.63) is 29.8 Å². The van der Waals surface area contributed by atoms with E-state index in [1.807, 2.05) is 13.8 Å². The topological polar surface area (TPSA) is 53.1 Å². The molecule has 0 unspecified atom stereocenters. The van der Waals surface area contributed by atoms with Gasteiger partial charge in [-0.25, -0.2) is 0 Å². The highest BCUT2D eigenvalue weighted by Crippen LogP contribution is 2.32. The Morgan fingerprint density at radius 2 is 1.59 bits per heavy atom. The highest BCUT2D eigenvalue weighted by atomic mass is 32.2. The van der Waals surface area contributed by atoms with Crippen molar-refractivity contribution in [2.45, 2.75) is 32.2 Å². The summed E-state index contributed by atoms with van der Waals surface area (Å²) in [5.41, 5.74) is -0.248. The van der Waals surface area contributed by atoms with Gasteiger partial charge < -0.3 is 9.64 Å². The van der Waals surface area contributed by atoms with Crippen LogP contribution in [0.3, 0.4) is 0 Å². The highest BCUT2D eigenvalue weighted by Gasteiger charge is 2.37. The van der Waals surface area contributed by atoms with E-state index in [0.29, 0.717) is 31.9 Å². The minimum Gasteiger partial charge on any atom is -0.373 e. The maximum atomic E-state index is 12.9. The Balaban J connectivity index is 1.67. The fourth-order valence-electron chi connectivity index (χ4n) is 3.54. The van der Waals surface area contributed by atoms with E-state index in [9.17, 15) is 21.6 Å². The minimum atomic E-state index is -4.40. The van der Waals surface area contributed by atoms with E-state index in [2.05, 4.69) is 0 Å². The largest absolute Gasteiger partial charge is 0.416 e. The average molecular weight is 407 g/mol. The van der Waals surface area contributed by atoms with Gasteiger partial charge in [0.15, 0.2) is 0 Å². The van der Waals surface area contributed by atoms with E-state index >= 15 is 0 Å². The van der Waals surface area contributed by atoms with Crippen LogP contribution in [0.5, 0.6) is 0 Å². The van der Waals surface area contributed by atoms with Gasteiger partial charge in [0.2, 0.25) is 0 Å². The van der Waals surface area contributed by atoms with E-state index < -0.39 is 21.9 Å². The number of piperazine rings is 1. The standard InChI is InChI=1S/C17H24F3N3O3S/c1-13-11-23(12-14(2)26-13)27(24,25)22-8-6-21(7-9-22)16-5-3-4-15(10-16)17(18,19)20/h3-5,10,13-14H,6-9,11-12H2,1-2H3/t13-,14-/m1/s1. The first-order chi connectivity index (χ1) is 12.6. The van der Waals surface area contributed by atoms with Crippen LogP contribution in [-0.2, 0) is 21.1 Å². The summed E-state index contributed by atoms with van der Waals surface area (Å²) < 4.78 is 72.9. The predicted molar refractivity (Wildman–Crippen MR) is 95.7 cm³/mol. The molecule has 6 nitrogen and oxygen atoms in total. The Kier molecular flexibility index (Phi) is 5.72. The number of anilines is 1. The molecule has 0 N–H and O–H groups in total. The van der Waals surface area contributed by atoms with Crippen LogP contribution in [0.25, 0.3) is 0 Å². The summed E-state index contributed by atoms with van der Waals surface area (Å²) in [6.07, 6.45) is -4.74. The molecule has 2 aliphatic rings. The molecule has 10 heteroatoms. The Morgan fingerprint density at radius 1 is 1.00 bits per heavy atom. The first-order valence-corrected chi connectivity index (χ1v) is 10.3. The SMILES string of the molecule is C[C@@H]1CN(S(=O)(=O)N2CCN(c3cccc(C(F)(F)F)c3)CC2)C[C@@H](C)O1. The fraction of sp³-hybridized carbons (Fsp3) is 0.647. The van der Waals surface area contributed by atoms with E-state index in [1.54, 1.807) is 11.0 Å². The Morgan fingerprint density at radius 3 is 2.15 bits per heavy atom. The zero-order valence-corrected chi connectivity index (χ0v) is 16.1. The molecule has 2 saturated heterocycles. The third kappa shape index (κ3) is 4.56.